The largest absolute Gasteiger partial charge is 0.489 e. The van der Waals surface area contributed by atoms with E-state index in [2.05, 4.69) is 15.6 Å². The van der Waals surface area contributed by atoms with Crippen LogP contribution in [0.2, 0.25) is 0 Å². The number of hydrogen-bond acceptors (Lipinski definition) is 5. The lowest BCUT2D eigenvalue weighted by Crippen LogP contribution is -2.40. The first kappa shape index (κ1) is 16.9. The highest BCUT2D eigenvalue weighted by atomic mass is 16.5. The molecular weight excluding hydrogens is 318 g/mol. The third kappa shape index (κ3) is 4.54. The molecule has 7 nitrogen and oxygen atoms in total. The van der Waals surface area contributed by atoms with Crippen LogP contribution in [0.5, 0.6) is 5.75 Å². The Labute approximate surface area is 146 Å². The highest BCUT2D eigenvalue weighted by molar-refractivity contribution is 5.95. The fourth-order valence-corrected chi connectivity index (χ4v) is 2.74. The van der Waals surface area contributed by atoms with E-state index in [0.29, 0.717) is 30.8 Å². The number of pyridine rings is 1. The summed E-state index contributed by atoms with van der Waals surface area (Å²) in [6, 6.07) is 10.6. The molecule has 2 heterocycles. The van der Waals surface area contributed by atoms with Crippen molar-refractivity contribution in [2.24, 2.45) is 5.73 Å². The van der Waals surface area contributed by atoms with Gasteiger partial charge in [0.15, 0.2) is 0 Å². The summed E-state index contributed by atoms with van der Waals surface area (Å²) in [5.74, 6) is 0.603. The zero-order valence-corrected chi connectivity index (χ0v) is 13.7. The van der Waals surface area contributed by atoms with Gasteiger partial charge in [0, 0.05) is 37.5 Å². The number of rotatable bonds is 6. The SMILES string of the molecule is N=C(N)c1cccc(O[C@H]2CN[C@H](C(=O)NCc3cccnc3)C2)c1. The average molecular weight is 339 g/mol. The second-order valence-electron chi connectivity index (χ2n) is 5.96. The molecule has 1 aliphatic heterocycles. The Morgan fingerprint density at radius 3 is 3.04 bits per heavy atom. The van der Waals surface area contributed by atoms with Gasteiger partial charge < -0.3 is 21.1 Å². The predicted octanol–water partition coefficient (Wildman–Crippen LogP) is 0.791. The third-order valence-electron chi connectivity index (χ3n) is 4.04. The number of amidine groups is 1. The molecule has 0 radical (unpaired) electrons. The Hall–Kier alpha value is -2.93. The van der Waals surface area contributed by atoms with Gasteiger partial charge in [-0.3, -0.25) is 15.2 Å². The van der Waals surface area contributed by atoms with Crippen LogP contribution in [0.3, 0.4) is 0 Å². The van der Waals surface area contributed by atoms with E-state index in [-0.39, 0.29) is 23.9 Å². The molecule has 130 valence electrons. The highest BCUT2D eigenvalue weighted by Crippen LogP contribution is 2.19. The summed E-state index contributed by atoms with van der Waals surface area (Å²) in [6.07, 6.45) is 3.92. The molecule has 1 amide bonds. The standard InChI is InChI=1S/C18H21N5O2/c19-17(20)13-4-1-5-14(7-13)25-15-8-16(22-11-15)18(24)23-10-12-3-2-6-21-9-12/h1-7,9,15-16,22H,8,10-11H2,(H3,19,20)(H,23,24)/t15-,16+/m1/s1. The van der Waals surface area contributed by atoms with Crippen LogP contribution in [-0.4, -0.2) is 35.4 Å². The molecule has 7 heteroatoms. The van der Waals surface area contributed by atoms with Crippen molar-refractivity contribution < 1.29 is 9.53 Å². The van der Waals surface area contributed by atoms with Crippen molar-refractivity contribution >= 4 is 11.7 Å². The maximum absolute atomic E-state index is 12.3. The lowest BCUT2D eigenvalue weighted by molar-refractivity contribution is -0.123. The topological polar surface area (TPSA) is 113 Å². The number of benzene rings is 1. The molecule has 0 spiro atoms. The van der Waals surface area contributed by atoms with Gasteiger partial charge in [-0.05, 0) is 23.8 Å². The zero-order valence-electron chi connectivity index (χ0n) is 13.7. The van der Waals surface area contributed by atoms with Crippen molar-refractivity contribution in [3.63, 3.8) is 0 Å². The van der Waals surface area contributed by atoms with E-state index in [1.807, 2.05) is 18.2 Å². The lowest BCUT2D eigenvalue weighted by atomic mass is 10.1. The van der Waals surface area contributed by atoms with E-state index in [1.54, 1.807) is 30.6 Å². The van der Waals surface area contributed by atoms with Gasteiger partial charge in [-0.2, -0.15) is 0 Å². The van der Waals surface area contributed by atoms with Gasteiger partial charge in [-0.25, -0.2) is 0 Å². The smallest absolute Gasteiger partial charge is 0.237 e. The first-order chi connectivity index (χ1) is 12.1. The normalized spacial score (nSPS) is 19.4. The highest BCUT2D eigenvalue weighted by Gasteiger charge is 2.30. The number of aromatic nitrogens is 1. The molecular formula is C18H21N5O2. The Morgan fingerprint density at radius 1 is 1.40 bits per heavy atom. The van der Waals surface area contributed by atoms with Crippen LogP contribution in [0.25, 0.3) is 0 Å². The predicted molar refractivity (Wildman–Crippen MR) is 94.4 cm³/mol. The fraction of sp³-hybridized carbons (Fsp3) is 0.278. The van der Waals surface area contributed by atoms with Gasteiger partial charge in [-0.1, -0.05) is 18.2 Å². The Morgan fingerprint density at radius 2 is 2.28 bits per heavy atom. The summed E-state index contributed by atoms with van der Waals surface area (Å²) in [7, 11) is 0. The molecule has 1 aromatic heterocycles. The van der Waals surface area contributed by atoms with Crippen LogP contribution in [0.4, 0.5) is 0 Å². The lowest BCUT2D eigenvalue weighted by Gasteiger charge is -2.14. The van der Waals surface area contributed by atoms with E-state index in [9.17, 15) is 4.79 Å². The van der Waals surface area contributed by atoms with Gasteiger partial charge in [0.25, 0.3) is 0 Å². The van der Waals surface area contributed by atoms with Crippen molar-refractivity contribution in [1.82, 2.24) is 15.6 Å². The van der Waals surface area contributed by atoms with E-state index in [1.165, 1.54) is 0 Å². The Kier molecular flexibility index (Phi) is 5.25. The van der Waals surface area contributed by atoms with Crippen LogP contribution in [0.15, 0.2) is 48.8 Å². The molecule has 1 aliphatic rings. The minimum atomic E-state index is -0.280. The fourth-order valence-electron chi connectivity index (χ4n) is 2.74. The van der Waals surface area contributed by atoms with Gasteiger partial charge >= 0.3 is 0 Å². The number of amides is 1. The van der Waals surface area contributed by atoms with E-state index < -0.39 is 0 Å². The number of hydrogen-bond donors (Lipinski definition) is 4. The van der Waals surface area contributed by atoms with Crippen molar-refractivity contribution in [2.75, 3.05) is 6.54 Å². The van der Waals surface area contributed by atoms with Crippen LogP contribution in [0.1, 0.15) is 17.5 Å². The average Bonchev–Trinajstić information content (AvgIpc) is 3.09. The number of nitrogen functional groups attached to an aromatic ring is 1. The third-order valence-corrected chi connectivity index (χ3v) is 4.04. The molecule has 1 saturated heterocycles. The number of carbonyl (C=O) groups is 1. The number of carbonyl (C=O) groups excluding carboxylic acids is 1. The van der Waals surface area contributed by atoms with Crippen LogP contribution in [-0.2, 0) is 11.3 Å². The van der Waals surface area contributed by atoms with E-state index in [4.69, 9.17) is 15.9 Å². The molecule has 0 bridgehead atoms. The second kappa shape index (κ2) is 7.76. The number of ether oxygens (including phenoxy) is 1. The van der Waals surface area contributed by atoms with E-state index in [0.717, 1.165) is 5.56 Å². The second-order valence-corrected chi connectivity index (χ2v) is 5.96. The molecule has 25 heavy (non-hydrogen) atoms. The van der Waals surface area contributed by atoms with Crippen molar-refractivity contribution in [2.45, 2.75) is 25.1 Å². The van der Waals surface area contributed by atoms with Crippen LogP contribution >= 0.6 is 0 Å². The summed E-state index contributed by atoms with van der Waals surface area (Å²) in [5.41, 5.74) is 7.07. The summed E-state index contributed by atoms with van der Waals surface area (Å²) in [6.45, 7) is 1.05. The minimum absolute atomic E-state index is 0.00246. The van der Waals surface area contributed by atoms with E-state index >= 15 is 0 Å². The maximum atomic E-state index is 12.3. The zero-order chi connectivity index (χ0) is 17.6. The summed E-state index contributed by atoms with van der Waals surface area (Å²) >= 11 is 0. The first-order valence-corrected chi connectivity index (χ1v) is 8.13. The van der Waals surface area contributed by atoms with Gasteiger partial charge in [0.2, 0.25) is 5.91 Å². The van der Waals surface area contributed by atoms with Crippen molar-refractivity contribution in [3.05, 3.63) is 59.9 Å². The number of nitrogens with zero attached hydrogens (tertiary/aromatic N) is 1. The van der Waals surface area contributed by atoms with Gasteiger partial charge in [-0.15, -0.1) is 0 Å². The van der Waals surface area contributed by atoms with Crippen molar-refractivity contribution in [1.29, 1.82) is 5.41 Å². The quantitative estimate of drug-likeness (QED) is 0.459. The van der Waals surface area contributed by atoms with Gasteiger partial charge in [0.05, 0.1) is 6.04 Å². The summed E-state index contributed by atoms with van der Waals surface area (Å²) < 4.78 is 5.90. The Bertz CT molecular complexity index is 750. The summed E-state index contributed by atoms with van der Waals surface area (Å²) in [5, 5.41) is 13.6. The molecule has 2 atom stereocenters. The molecule has 1 aromatic carbocycles. The molecule has 0 saturated carbocycles. The van der Waals surface area contributed by atoms with Crippen molar-refractivity contribution in [3.8, 4) is 5.75 Å². The maximum Gasteiger partial charge on any atom is 0.237 e. The van der Waals surface area contributed by atoms with Crippen LogP contribution < -0.4 is 21.1 Å². The monoisotopic (exact) mass is 339 g/mol. The molecule has 0 unspecified atom stereocenters. The molecule has 3 rings (SSSR count). The molecule has 2 aromatic rings. The minimum Gasteiger partial charge on any atom is -0.489 e. The first-order valence-electron chi connectivity index (χ1n) is 8.13. The van der Waals surface area contributed by atoms with Gasteiger partial charge in [0.1, 0.15) is 17.7 Å². The molecule has 1 fully saturated rings. The molecule has 5 N–H and O–H groups in total. The number of nitrogens with one attached hydrogen (secondary N) is 3. The number of nitrogens with two attached hydrogens (primary N) is 1. The Balaban J connectivity index is 1.50. The summed E-state index contributed by atoms with van der Waals surface area (Å²) in [4.78, 5) is 16.3. The molecule has 0 aliphatic carbocycles. The van der Waals surface area contributed by atoms with Crippen LogP contribution in [0, 0.1) is 5.41 Å².